The summed E-state index contributed by atoms with van der Waals surface area (Å²) in [7, 11) is -2.75. The van der Waals surface area contributed by atoms with Crippen LogP contribution in [0, 0.1) is 5.82 Å². The molecule has 0 spiro atoms. The van der Waals surface area contributed by atoms with Crippen LogP contribution in [0.15, 0.2) is 77.7 Å². The monoisotopic (exact) mass is 613 g/mol. The number of carbonyl (C=O) groups excluding carboxylic acids is 2. The quantitative estimate of drug-likeness (QED) is 0.254. The molecule has 0 fully saturated rings. The van der Waals surface area contributed by atoms with Gasteiger partial charge in [-0.05, 0) is 92.9 Å². The molecule has 0 unspecified atom stereocenters. The highest BCUT2D eigenvalue weighted by atomic mass is 32.2. The summed E-state index contributed by atoms with van der Waals surface area (Å²) in [5, 5.41) is 2.94. The van der Waals surface area contributed by atoms with Crippen LogP contribution in [0.3, 0.4) is 0 Å². The summed E-state index contributed by atoms with van der Waals surface area (Å²) in [6.07, 6.45) is 1.000. The van der Waals surface area contributed by atoms with Gasteiger partial charge in [0.05, 0.1) is 24.3 Å². The third-order valence-corrected chi connectivity index (χ3v) is 8.80. The van der Waals surface area contributed by atoms with Gasteiger partial charge in [-0.25, -0.2) is 12.8 Å². The Labute approximate surface area is 253 Å². The lowest BCUT2D eigenvalue weighted by atomic mass is 10.1. The molecular formula is C32H40FN3O6S. The molecule has 1 N–H and O–H groups in total. The normalized spacial score (nSPS) is 12.6. The number of sulfonamides is 1. The number of hydrogen-bond acceptors (Lipinski definition) is 6. The van der Waals surface area contributed by atoms with E-state index in [9.17, 15) is 22.4 Å². The maximum Gasteiger partial charge on any atom is 0.264 e. The van der Waals surface area contributed by atoms with Crippen molar-refractivity contribution in [2.45, 2.75) is 64.1 Å². The van der Waals surface area contributed by atoms with Crippen molar-refractivity contribution in [3.05, 3.63) is 84.2 Å². The van der Waals surface area contributed by atoms with E-state index in [2.05, 4.69) is 5.32 Å². The van der Waals surface area contributed by atoms with Gasteiger partial charge in [-0.3, -0.25) is 13.9 Å². The maximum atomic E-state index is 14.1. The number of halogens is 1. The van der Waals surface area contributed by atoms with Crippen LogP contribution in [0.4, 0.5) is 10.1 Å². The molecule has 3 rings (SSSR count). The second kappa shape index (κ2) is 15.4. The first-order valence-corrected chi connectivity index (χ1v) is 15.7. The van der Waals surface area contributed by atoms with E-state index in [1.54, 1.807) is 38.3 Å². The molecule has 43 heavy (non-hydrogen) atoms. The first kappa shape index (κ1) is 33.4. The van der Waals surface area contributed by atoms with Gasteiger partial charge in [0.15, 0.2) is 0 Å². The van der Waals surface area contributed by atoms with Crippen LogP contribution in [0.1, 0.15) is 46.1 Å². The fraction of sp³-hybridized carbons (Fsp3) is 0.375. The lowest BCUT2D eigenvalue weighted by Gasteiger charge is -2.33. The van der Waals surface area contributed by atoms with E-state index in [0.717, 1.165) is 22.0 Å². The standard InChI is InChI=1S/C32H40FN3O6S/c1-6-23(4)34-32(38)30(7-2)35(21-24-9-15-27(41-5)16-10-24)31(37)22-36(26-13-11-25(33)12-14-26)43(39,40)29-19-17-28(18-20-29)42-8-3/h9-20,23,30H,6-8,21-22H2,1-5H3,(H,34,38)/t23-,30-/m1/s1. The van der Waals surface area contributed by atoms with E-state index >= 15 is 0 Å². The number of amides is 2. The minimum absolute atomic E-state index is 0.0512. The number of nitrogens with zero attached hydrogens (tertiary/aromatic N) is 2. The molecule has 3 aromatic rings. The Kier molecular flexibility index (Phi) is 11.9. The molecule has 0 saturated carbocycles. The Balaban J connectivity index is 2.04. The highest BCUT2D eigenvalue weighted by molar-refractivity contribution is 7.92. The molecule has 0 radical (unpaired) electrons. The minimum Gasteiger partial charge on any atom is -0.497 e. The maximum absolute atomic E-state index is 14.1. The van der Waals surface area contributed by atoms with Crippen molar-refractivity contribution in [2.24, 2.45) is 0 Å². The summed E-state index contributed by atoms with van der Waals surface area (Å²) in [4.78, 5) is 28.8. The van der Waals surface area contributed by atoms with Gasteiger partial charge in [0.25, 0.3) is 10.0 Å². The predicted molar refractivity (Wildman–Crippen MR) is 164 cm³/mol. The summed E-state index contributed by atoms with van der Waals surface area (Å²) < 4.78 is 53.4. The summed E-state index contributed by atoms with van der Waals surface area (Å²) in [6.45, 7) is 7.27. The zero-order chi connectivity index (χ0) is 31.6. The highest BCUT2D eigenvalue weighted by Crippen LogP contribution is 2.27. The van der Waals surface area contributed by atoms with E-state index in [0.29, 0.717) is 30.9 Å². The molecule has 0 aliphatic heterocycles. The van der Waals surface area contributed by atoms with Gasteiger partial charge in [-0.1, -0.05) is 26.0 Å². The molecule has 0 saturated heterocycles. The van der Waals surface area contributed by atoms with Gasteiger partial charge in [0, 0.05) is 12.6 Å². The molecule has 232 valence electrons. The fourth-order valence-electron chi connectivity index (χ4n) is 4.43. The van der Waals surface area contributed by atoms with Crippen LogP contribution < -0.4 is 19.1 Å². The third-order valence-electron chi connectivity index (χ3n) is 7.02. The molecule has 2 amide bonds. The van der Waals surface area contributed by atoms with E-state index in [4.69, 9.17) is 9.47 Å². The zero-order valence-electron chi connectivity index (χ0n) is 25.2. The van der Waals surface area contributed by atoms with Crippen LogP contribution in [0.25, 0.3) is 0 Å². The van der Waals surface area contributed by atoms with E-state index in [-0.39, 0.29) is 29.1 Å². The molecule has 2 atom stereocenters. The molecule has 0 aliphatic rings. The Bertz CT molecular complexity index is 1450. The van der Waals surface area contributed by atoms with Crippen molar-refractivity contribution < 1.29 is 31.9 Å². The Morgan fingerprint density at radius 2 is 1.49 bits per heavy atom. The van der Waals surface area contributed by atoms with E-state index in [1.165, 1.54) is 41.3 Å². The van der Waals surface area contributed by atoms with Crippen LogP contribution in [0.5, 0.6) is 11.5 Å². The first-order valence-electron chi connectivity index (χ1n) is 14.3. The number of nitrogens with one attached hydrogen (secondary N) is 1. The van der Waals surface area contributed by atoms with Crippen molar-refractivity contribution in [1.29, 1.82) is 0 Å². The van der Waals surface area contributed by atoms with Gasteiger partial charge in [-0.15, -0.1) is 0 Å². The molecule has 0 aliphatic carbocycles. The van der Waals surface area contributed by atoms with Crippen molar-refractivity contribution in [3.63, 3.8) is 0 Å². The van der Waals surface area contributed by atoms with E-state index in [1.807, 2.05) is 20.8 Å². The zero-order valence-corrected chi connectivity index (χ0v) is 26.1. The Morgan fingerprint density at radius 3 is 2.02 bits per heavy atom. The molecule has 0 heterocycles. The molecule has 11 heteroatoms. The molecule has 0 bridgehead atoms. The summed E-state index contributed by atoms with van der Waals surface area (Å²) >= 11 is 0. The average molecular weight is 614 g/mol. The lowest BCUT2D eigenvalue weighted by Crippen LogP contribution is -2.53. The number of ether oxygens (including phenoxy) is 2. The number of hydrogen-bond donors (Lipinski definition) is 1. The van der Waals surface area contributed by atoms with Gasteiger partial charge in [-0.2, -0.15) is 0 Å². The average Bonchev–Trinajstić information content (AvgIpc) is 3.00. The van der Waals surface area contributed by atoms with Crippen LogP contribution in [0.2, 0.25) is 0 Å². The van der Waals surface area contributed by atoms with Crippen molar-refractivity contribution in [2.75, 3.05) is 24.6 Å². The molecule has 9 nitrogen and oxygen atoms in total. The lowest BCUT2D eigenvalue weighted by molar-refractivity contribution is -0.140. The summed E-state index contributed by atoms with van der Waals surface area (Å²) in [5.74, 6) is -0.355. The fourth-order valence-corrected chi connectivity index (χ4v) is 5.84. The molecular weight excluding hydrogens is 573 g/mol. The Hall–Kier alpha value is -4.12. The second-order valence-corrected chi connectivity index (χ2v) is 11.9. The first-order chi connectivity index (χ1) is 20.5. The topological polar surface area (TPSA) is 105 Å². The number of carbonyl (C=O) groups is 2. The predicted octanol–water partition coefficient (Wildman–Crippen LogP) is 5.15. The molecule has 0 aromatic heterocycles. The van der Waals surface area contributed by atoms with Gasteiger partial charge < -0.3 is 19.7 Å². The highest BCUT2D eigenvalue weighted by Gasteiger charge is 2.34. The number of benzene rings is 3. The van der Waals surface area contributed by atoms with E-state index < -0.39 is 34.3 Å². The van der Waals surface area contributed by atoms with Gasteiger partial charge >= 0.3 is 0 Å². The van der Waals surface area contributed by atoms with Crippen LogP contribution in [-0.2, 0) is 26.2 Å². The third kappa shape index (κ3) is 8.70. The van der Waals surface area contributed by atoms with Crippen LogP contribution in [-0.4, -0.2) is 57.5 Å². The van der Waals surface area contributed by atoms with Crippen molar-refractivity contribution >= 4 is 27.5 Å². The largest absolute Gasteiger partial charge is 0.497 e. The molecule has 3 aromatic carbocycles. The van der Waals surface area contributed by atoms with Gasteiger partial charge in [0.1, 0.15) is 29.9 Å². The number of rotatable bonds is 15. The number of anilines is 1. The van der Waals surface area contributed by atoms with Gasteiger partial charge in [0.2, 0.25) is 11.8 Å². The second-order valence-electron chi connectivity index (χ2n) is 10.0. The smallest absolute Gasteiger partial charge is 0.264 e. The SMILES string of the molecule is CCOc1ccc(S(=O)(=O)N(CC(=O)N(Cc2ccc(OC)cc2)[C@H](CC)C(=O)N[C@H](C)CC)c2ccc(F)cc2)cc1. The van der Waals surface area contributed by atoms with Crippen molar-refractivity contribution in [3.8, 4) is 11.5 Å². The summed E-state index contributed by atoms with van der Waals surface area (Å²) in [5.41, 5.74) is 0.830. The van der Waals surface area contributed by atoms with Crippen molar-refractivity contribution in [1.82, 2.24) is 10.2 Å². The number of methoxy groups -OCH3 is 1. The Morgan fingerprint density at radius 1 is 0.884 bits per heavy atom. The summed E-state index contributed by atoms with van der Waals surface area (Å²) in [6, 6.07) is 16.8. The van der Waals surface area contributed by atoms with Crippen LogP contribution >= 0.6 is 0 Å². The minimum atomic E-state index is -4.29.